The van der Waals surface area contributed by atoms with Crippen LogP contribution in [0.25, 0.3) is 0 Å². The van der Waals surface area contributed by atoms with Gasteiger partial charge in [-0.15, -0.1) is 0 Å². The second-order valence-electron chi connectivity index (χ2n) is 4.90. The first-order chi connectivity index (χ1) is 6.81. The Morgan fingerprint density at radius 1 is 1.33 bits per heavy atom. The lowest BCUT2D eigenvalue weighted by Gasteiger charge is -2.26. The quantitative estimate of drug-likeness (QED) is 0.617. The number of likely N-dealkylation sites (tertiary alicyclic amines) is 1. The number of carbonyl (C=O) groups is 2. The van der Waals surface area contributed by atoms with Gasteiger partial charge in [0.25, 0.3) is 0 Å². The second-order valence-corrected chi connectivity index (χ2v) is 4.90. The molecule has 15 heavy (non-hydrogen) atoms. The molecular formula is C11H19NO3. The van der Waals surface area contributed by atoms with Crippen LogP contribution in [0, 0.1) is 0 Å². The molecule has 1 aliphatic rings. The van der Waals surface area contributed by atoms with E-state index in [2.05, 4.69) is 0 Å². The van der Waals surface area contributed by atoms with Gasteiger partial charge in [-0.1, -0.05) is 0 Å². The number of hydrogen-bond acceptors (Lipinski definition) is 3. The maximum absolute atomic E-state index is 11.8. The third kappa shape index (κ3) is 3.22. The van der Waals surface area contributed by atoms with Crippen LogP contribution in [0.15, 0.2) is 0 Å². The van der Waals surface area contributed by atoms with E-state index in [1.807, 2.05) is 20.8 Å². The second kappa shape index (κ2) is 4.21. The van der Waals surface area contributed by atoms with Gasteiger partial charge in [-0.05, 0) is 33.6 Å². The van der Waals surface area contributed by atoms with Crippen molar-refractivity contribution in [1.29, 1.82) is 0 Å². The van der Waals surface area contributed by atoms with E-state index in [4.69, 9.17) is 4.74 Å². The topological polar surface area (TPSA) is 46.6 Å². The van der Waals surface area contributed by atoms with Crippen LogP contribution in [0.1, 0.15) is 40.5 Å². The van der Waals surface area contributed by atoms with Gasteiger partial charge in [0.15, 0.2) is 0 Å². The van der Waals surface area contributed by atoms with E-state index in [1.54, 1.807) is 4.90 Å². The Hall–Kier alpha value is -1.06. The summed E-state index contributed by atoms with van der Waals surface area (Å²) in [6.07, 6.45) is 1.60. The minimum atomic E-state index is -0.484. The summed E-state index contributed by atoms with van der Waals surface area (Å²) in [5.41, 5.74) is -0.484. The molecule has 1 unspecified atom stereocenters. The molecule has 0 aliphatic carbocycles. The molecule has 0 spiro atoms. The van der Waals surface area contributed by atoms with Gasteiger partial charge in [0, 0.05) is 13.5 Å². The number of nitrogens with zero attached hydrogens (tertiary/aromatic N) is 1. The minimum absolute atomic E-state index is 0.0524. The monoisotopic (exact) mass is 213 g/mol. The summed E-state index contributed by atoms with van der Waals surface area (Å²) in [5.74, 6) is -0.335. The standard InChI is InChI=1S/C11H19NO3/c1-8(13)12-7-5-6-9(12)10(14)15-11(2,3)4/h9H,5-7H2,1-4H3. The van der Waals surface area contributed by atoms with Gasteiger partial charge in [0.1, 0.15) is 11.6 Å². The van der Waals surface area contributed by atoms with Crippen molar-refractivity contribution in [3.8, 4) is 0 Å². The lowest BCUT2D eigenvalue weighted by molar-refractivity contribution is -0.162. The molecule has 4 nitrogen and oxygen atoms in total. The summed E-state index contributed by atoms with van der Waals surface area (Å²) in [6.45, 7) is 7.65. The van der Waals surface area contributed by atoms with Crippen molar-refractivity contribution in [3.05, 3.63) is 0 Å². The number of rotatable bonds is 1. The SMILES string of the molecule is CC(=O)N1CCCC1C(=O)OC(C)(C)C. The number of carbonyl (C=O) groups excluding carboxylic acids is 2. The van der Waals surface area contributed by atoms with Crippen molar-refractivity contribution in [3.63, 3.8) is 0 Å². The van der Waals surface area contributed by atoms with Gasteiger partial charge >= 0.3 is 5.97 Å². The van der Waals surface area contributed by atoms with E-state index in [0.717, 1.165) is 6.42 Å². The molecule has 4 heteroatoms. The highest BCUT2D eigenvalue weighted by molar-refractivity contribution is 5.84. The first-order valence-corrected chi connectivity index (χ1v) is 5.31. The maximum Gasteiger partial charge on any atom is 0.329 e. The van der Waals surface area contributed by atoms with Gasteiger partial charge < -0.3 is 9.64 Å². The number of hydrogen-bond donors (Lipinski definition) is 0. The molecule has 0 aromatic carbocycles. The zero-order valence-electron chi connectivity index (χ0n) is 9.87. The van der Waals surface area contributed by atoms with Crippen molar-refractivity contribution < 1.29 is 14.3 Å². The number of amides is 1. The highest BCUT2D eigenvalue weighted by Gasteiger charge is 2.35. The number of esters is 1. The Balaban J connectivity index is 2.63. The predicted octanol–water partition coefficient (Wildman–Crippen LogP) is 1.34. The van der Waals surface area contributed by atoms with E-state index >= 15 is 0 Å². The van der Waals surface area contributed by atoms with E-state index in [-0.39, 0.29) is 17.9 Å². The largest absolute Gasteiger partial charge is 0.458 e. The minimum Gasteiger partial charge on any atom is -0.458 e. The van der Waals surface area contributed by atoms with E-state index < -0.39 is 5.60 Å². The normalized spacial score (nSPS) is 21.6. The van der Waals surface area contributed by atoms with Crippen molar-refractivity contribution in [2.24, 2.45) is 0 Å². The molecule has 0 bridgehead atoms. The van der Waals surface area contributed by atoms with E-state index in [1.165, 1.54) is 6.92 Å². The smallest absolute Gasteiger partial charge is 0.329 e. The third-order valence-electron chi connectivity index (χ3n) is 2.34. The molecule has 1 saturated heterocycles. The van der Waals surface area contributed by atoms with E-state index in [9.17, 15) is 9.59 Å². The van der Waals surface area contributed by atoms with Crippen LogP contribution in [0.4, 0.5) is 0 Å². The van der Waals surface area contributed by atoms with Gasteiger partial charge in [-0.3, -0.25) is 4.79 Å². The molecule has 0 radical (unpaired) electrons. The first kappa shape index (κ1) is 12.0. The summed E-state index contributed by atoms with van der Waals surface area (Å²) in [6, 6.07) is -0.373. The van der Waals surface area contributed by atoms with Crippen LogP contribution < -0.4 is 0 Å². The Morgan fingerprint density at radius 3 is 2.40 bits per heavy atom. The predicted molar refractivity (Wildman–Crippen MR) is 56.3 cm³/mol. The average Bonchev–Trinajstić information content (AvgIpc) is 2.47. The van der Waals surface area contributed by atoms with E-state index in [0.29, 0.717) is 13.0 Å². The lowest BCUT2D eigenvalue weighted by atomic mass is 10.1. The van der Waals surface area contributed by atoms with Gasteiger partial charge in [0.05, 0.1) is 0 Å². The molecule has 0 aromatic heterocycles. The van der Waals surface area contributed by atoms with Crippen LogP contribution in [-0.2, 0) is 14.3 Å². The van der Waals surface area contributed by atoms with Crippen LogP contribution in [0.5, 0.6) is 0 Å². The highest BCUT2D eigenvalue weighted by atomic mass is 16.6. The fourth-order valence-corrected chi connectivity index (χ4v) is 1.76. The van der Waals surface area contributed by atoms with Crippen LogP contribution in [0.3, 0.4) is 0 Å². The molecular weight excluding hydrogens is 194 g/mol. The molecule has 86 valence electrons. The molecule has 1 fully saturated rings. The first-order valence-electron chi connectivity index (χ1n) is 5.31. The van der Waals surface area contributed by atoms with Gasteiger partial charge in [0.2, 0.25) is 5.91 Å². The third-order valence-corrected chi connectivity index (χ3v) is 2.34. The Kier molecular flexibility index (Phi) is 3.37. The molecule has 1 amide bonds. The summed E-state index contributed by atoms with van der Waals surface area (Å²) in [4.78, 5) is 24.6. The lowest BCUT2D eigenvalue weighted by Crippen LogP contribution is -2.42. The average molecular weight is 213 g/mol. The Labute approximate surface area is 90.6 Å². The molecule has 0 aromatic rings. The summed E-state index contributed by atoms with van der Waals surface area (Å²) in [5, 5.41) is 0. The molecule has 1 rings (SSSR count). The maximum atomic E-state index is 11.8. The Bertz CT molecular complexity index is 267. The molecule has 0 N–H and O–H groups in total. The van der Waals surface area contributed by atoms with Gasteiger partial charge in [-0.2, -0.15) is 0 Å². The Morgan fingerprint density at radius 2 is 1.93 bits per heavy atom. The van der Waals surface area contributed by atoms with Crippen molar-refractivity contribution in [2.45, 2.75) is 52.2 Å². The zero-order valence-corrected chi connectivity index (χ0v) is 9.87. The highest BCUT2D eigenvalue weighted by Crippen LogP contribution is 2.20. The molecule has 1 heterocycles. The van der Waals surface area contributed by atoms with Crippen LogP contribution >= 0.6 is 0 Å². The van der Waals surface area contributed by atoms with Gasteiger partial charge in [-0.25, -0.2) is 4.79 Å². The summed E-state index contributed by atoms with van der Waals surface area (Å²) >= 11 is 0. The van der Waals surface area contributed by atoms with Crippen molar-refractivity contribution >= 4 is 11.9 Å². The number of ether oxygens (including phenoxy) is 1. The fraction of sp³-hybridized carbons (Fsp3) is 0.818. The van der Waals surface area contributed by atoms with Crippen molar-refractivity contribution in [1.82, 2.24) is 4.90 Å². The molecule has 1 atom stereocenters. The zero-order chi connectivity index (χ0) is 11.6. The summed E-state index contributed by atoms with van der Waals surface area (Å²) in [7, 11) is 0. The molecule has 0 saturated carbocycles. The fourth-order valence-electron chi connectivity index (χ4n) is 1.76. The van der Waals surface area contributed by atoms with Crippen LogP contribution in [0.2, 0.25) is 0 Å². The summed E-state index contributed by atoms with van der Waals surface area (Å²) < 4.78 is 5.27. The molecule has 1 aliphatic heterocycles. The van der Waals surface area contributed by atoms with Crippen LogP contribution in [-0.4, -0.2) is 35.0 Å². The van der Waals surface area contributed by atoms with Crippen molar-refractivity contribution in [2.75, 3.05) is 6.54 Å².